The van der Waals surface area contributed by atoms with E-state index in [1.54, 1.807) is 34.6 Å². The average Bonchev–Trinajstić information content (AvgIpc) is 3.73. The van der Waals surface area contributed by atoms with E-state index in [0.29, 0.717) is 19.4 Å². The van der Waals surface area contributed by atoms with Crippen LogP contribution in [0.5, 0.6) is 0 Å². The van der Waals surface area contributed by atoms with Crippen molar-refractivity contribution in [2.45, 2.75) is 116 Å². The Bertz CT molecular complexity index is 1640. The van der Waals surface area contributed by atoms with E-state index < -0.39 is 65.5 Å². The van der Waals surface area contributed by atoms with Crippen molar-refractivity contribution < 1.29 is 43.0 Å². The number of hydrogen-bond donors (Lipinski definition) is 3. The number of esters is 2. The van der Waals surface area contributed by atoms with Crippen molar-refractivity contribution in [3.8, 4) is 11.1 Å². The molecule has 1 saturated heterocycles. The van der Waals surface area contributed by atoms with Gasteiger partial charge in [0.05, 0.1) is 7.11 Å². The first kappa shape index (κ1) is 41.8. The van der Waals surface area contributed by atoms with E-state index >= 15 is 0 Å². The molecule has 1 aliphatic carbocycles. The van der Waals surface area contributed by atoms with Crippen LogP contribution in [-0.4, -0.2) is 90.7 Å². The standard InChI is InChI=1S/C41H56N4O9/c1-24(2)22-32(37(48)42-31(19-20-34(46)54-41(5,6)7)36(47)44-35(25(3)4)39(50)52-8)43-38(49)33-18-13-21-45(33)40(51)53-23-30-28-16-11-9-14-26(28)27-15-10-12-17-29(27)30/h9-12,14-17,24-25,30-33,35H,13,18-23H2,1-8H3,(H,42,48)(H,43,49)(H,44,47)/t31-,32-,33-,35-/m0/s1. The number of methoxy groups -OCH3 is 1. The second-order valence-electron chi connectivity index (χ2n) is 15.8. The first-order chi connectivity index (χ1) is 25.5. The molecule has 0 bridgehead atoms. The highest BCUT2D eigenvalue weighted by Crippen LogP contribution is 2.44. The van der Waals surface area contributed by atoms with E-state index in [4.69, 9.17) is 14.2 Å². The van der Waals surface area contributed by atoms with Gasteiger partial charge in [-0.1, -0.05) is 76.2 Å². The Hall–Kier alpha value is -4.94. The van der Waals surface area contributed by atoms with Crippen LogP contribution in [0.4, 0.5) is 4.79 Å². The van der Waals surface area contributed by atoms with Crippen molar-refractivity contribution >= 4 is 35.8 Å². The number of likely N-dealkylation sites (tertiary alicyclic amines) is 1. The lowest BCUT2D eigenvalue weighted by atomic mass is 9.98. The van der Waals surface area contributed by atoms with Crippen molar-refractivity contribution in [3.63, 3.8) is 0 Å². The summed E-state index contributed by atoms with van der Waals surface area (Å²) in [7, 11) is 1.21. The zero-order valence-corrected chi connectivity index (χ0v) is 32.7. The van der Waals surface area contributed by atoms with Crippen molar-refractivity contribution in [1.29, 1.82) is 0 Å². The molecule has 4 amide bonds. The van der Waals surface area contributed by atoms with Crippen LogP contribution >= 0.6 is 0 Å². The largest absolute Gasteiger partial charge is 0.467 e. The van der Waals surface area contributed by atoms with E-state index in [1.807, 2.05) is 50.2 Å². The van der Waals surface area contributed by atoms with Crippen LogP contribution in [0.1, 0.15) is 97.6 Å². The molecule has 1 fully saturated rings. The second-order valence-corrected chi connectivity index (χ2v) is 15.8. The molecule has 0 unspecified atom stereocenters. The number of hydrogen-bond acceptors (Lipinski definition) is 9. The number of nitrogens with zero attached hydrogens (tertiary/aromatic N) is 1. The summed E-state index contributed by atoms with van der Waals surface area (Å²) in [6.07, 6.45) is 0.262. The van der Waals surface area contributed by atoms with E-state index in [1.165, 1.54) is 12.0 Å². The molecule has 0 radical (unpaired) electrons. The lowest BCUT2D eigenvalue weighted by Gasteiger charge is -2.29. The van der Waals surface area contributed by atoms with Gasteiger partial charge in [0, 0.05) is 18.9 Å². The van der Waals surface area contributed by atoms with Crippen molar-refractivity contribution in [1.82, 2.24) is 20.9 Å². The molecule has 1 aliphatic heterocycles. The summed E-state index contributed by atoms with van der Waals surface area (Å²) in [5, 5.41) is 8.18. The predicted octanol–water partition coefficient (Wildman–Crippen LogP) is 4.85. The highest BCUT2D eigenvalue weighted by Gasteiger charge is 2.39. The highest BCUT2D eigenvalue weighted by atomic mass is 16.6. The summed E-state index contributed by atoms with van der Waals surface area (Å²) in [6, 6.07) is 11.9. The summed E-state index contributed by atoms with van der Waals surface area (Å²) in [5.41, 5.74) is 3.61. The van der Waals surface area contributed by atoms with E-state index in [2.05, 4.69) is 28.1 Å². The number of carbonyl (C=O) groups excluding carboxylic acids is 6. The van der Waals surface area contributed by atoms with Crippen LogP contribution in [0.2, 0.25) is 0 Å². The summed E-state index contributed by atoms with van der Waals surface area (Å²) < 4.78 is 16.1. The fourth-order valence-electron chi connectivity index (χ4n) is 6.98. The second kappa shape index (κ2) is 18.4. The average molecular weight is 749 g/mol. The maximum absolute atomic E-state index is 13.9. The summed E-state index contributed by atoms with van der Waals surface area (Å²) in [5.74, 6) is -3.58. The van der Waals surface area contributed by atoms with Gasteiger partial charge in [0.25, 0.3) is 0 Å². The molecule has 4 rings (SSSR count). The van der Waals surface area contributed by atoms with Crippen molar-refractivity contribution in [2.24, 2.45) is 11.8 Å². The molecule has 4 atom stereocenters. The van der Waals surface area contributed by atoms with Crippen LogP contribution in [0.25, 0.3) is 11.1 Å². The van der Waals surface area contributed by atoms with Gasteiger partial charge in [0.2, 0.25) is 17.7 Å². The molecule has 2 aromatic carbocycles. The minimum absolute atomic E-state index is 0.0402. The number of nitrogens with one attached hydrogen (secondary N) is 3. The fourth-order valence-corrected chi connectivity index (χ4v) is 6.98. The third kappa shape index (κ3) is 10.8. The maximum Gasteiger partial charge on any atom is 0.410 e. The molecule has 54 heavy (non-hydrogen) atoms. The van der Waals surface area contributed by atoms with Gasteiger partial charge in [0.1, 0.15) is 36.4 Å². The van der Waals surface area contributed by atoms with Gasteiger partial charge < -0.3 is 30.2 Å². The number of fused-ring (bicyclic) bond motifs is 3. The third-order valence-electron chi connectivity index (χ3n) is 9.58. The van der Waals surface area contributed by atoms with Crippen LogP contribution in [0, 0.1) is 11.8 Å². The molecule has 13 heteroatoms. The molecule has 0 spiro atoms. The lowest BCUT2D eigenvalue weighted by molar-refractivity contribution is -0.155. The third-order valence-corrected chi connectivity index (χ3v) is 9.58. The topological polar surface area (TPSA) is 169 Å². The molecule has 3 N–H and O–H groups in total. The highest BCUT2D eigenvalue weighted by molar-refractivity contribution is 5.95. The zero-order valence-electron chi connectivity index (χ0n) is 32.7. The monoisotopic (exact) mass is 748 g/mol. The molecule has 1 heterocycles. The van der Waals surface area contributed by atoms with Crippen molar-refractivity contribution in [2.75, 3.05) is 20.3 Å². The normalized spacial score (nSPS) is 16.9. The van der Waals surface area contributed by atoms with Crippen LogP contribution < -0.4 is 16.0 Å². The predicted molar refractivity (Wildman–Crippen MR) is 202 cm³/mol. The van der Waals surface area contributed by atoms with E-state index in [-0.39, 0.29) is 43.6 Å². The van der Waals surface area contributed by atoms with Gasteiger partial charge in [-0.15, -0.1) is 0 Å². The van der Waals surface area contributed by atoms with Gasteiger partial charge in [-0.2, -0.15) is 0 Å². The molecule has 2 aliphatic rings. The van der Waals surface area contributed by atoms with E-state index in [0.717, 1.165) is 22.3 Å². The summed E-state index contributed by atoms with van der Waals surface area (Å²) in [4.78, 5) is 81.2. The Morgan fingerprint density at radius 3 is 1.98 bits per heavy atom. The molecule has 13 nitrogen and oxygen atoms in total. The van der Waals surface area contributed by atoms with Crippen LogP contribution in [0.15, 0.2) is 48.5 Å². The SMILES string of the molecule is COC(=O)[C@@H](NC(=O)[C@H](CCC(=O)OC(C)(C)C)NC(=O)[C@H](CC(C)C)NC(=O)[C@@H]1CCCN1C(=O)OCC1c2ccccc2-c2ccccc21)C(C)C. The Morgan fingerprint density at radius 1 is 0.833 bits per heavy atom. The molecule has 0 saturated carbocycles. The molecular weight excluding hydrogens is 692 g/mol. The van der Waals surface area contributed by atoms with Gasteiger partial charge in [-0.05, 0) is 80.5 Å². The van der Waals surface area contributed by atoms with Crippen LogP contribution in [-0.2, 0) is 38.2 Å². The lowest BCUT2D eigenvalue weighted by Crippen LogP contribution is -2.58. The Balaban J connectivity index is 1.45. The number of ether oxygens (including phenoxy) is 3. The molecular formula is C41H56N4O9. The minimum atomic E-state index is -1.24. The molecule has 294 valence electrons. The van der Waals surface area contributed by atoms with E-state index in [9.17, 15) is 28.8 Å². The number of amides is 4. The Morgan fingerprint density at radius 2 is 1.43 bits per heavy atom. The van der Waals surface area contributed by atoms with Gasteiger partial charge in [0.15, 0.2) is 0 Å². The number of rotatable bonds is 15. The summed E-state index contributed by atoms with van der Waals surface area (Å²) >= 11 is 0. The fraction of sp³-hybridized carbons (Fsp3) is 0.561. The Labute approximate surface area is 318 Å². The van der Waals surface area contributed by atoms with Gasteiger partial charge in [-0.3, -0.25) is 24.1 Å². The Kier molecular flexibility index (Phi) is 14.2. The first-order valence-corrected chi connectivity index (χ1v) is 18.8. The van der Waals surface area contributed by atoms with Crippen molar-refractivity contribution in [3.05, 3.63) is 59.7 Å². The first-order valence-electron chi connectivity index (χ1n) is 18.8. The minimum Gasteiger partial charge on any atom is -0.467 e. The van der Waals surface area contributed by atoms with Gasteiger partial charge in [-0.25, -0.2) is 9.59 Å². The summed E-state index contributed by atoms with van der Waals surface area (Å²) in [6.45, 7) is 12.8. The van der Waals surface area contributed by atoms with Gasteiger partial charge >= 0.3 is 18.0 Å². The number of benzene rings is 2. The van der Waals surface area contributed by atoms with Crippen LogP contribution in [0.3, 0.4) is 0 Å². The molecule has 0 aromatic heterocycles. The number of carbonyl (C=O) groups is 6. The smallest absolute Gasteiger partial charge is 0.410 e. The maximum atomic E-state index is 13.9. The zero-order chi connectivity index (χ0) is 39.7. The molecule has 2 aromatic rings. The quantitative estimate of drug-likeness (QED) is 0.170.